The van der Waals surface area contributed by atoms with E-state index in [0.29, 0.717) is 12.2 Å². The summed E-state index contributed by atoms with van der Waals surface area (Å²) in [5, 5.41) is 2.98. The fourth-order valence-corrected chi connectivity index (χ4v) is 5.81. The normalized spacial score (nSPS) is 12.7. The maximum atomic E-state index is 14.2. The molecule has 0 aliphatic rings. The first-order valence-corrected chi connectivity index (χ1v) is 14.9. The smallest absolute Gasteiger partial charge is 0.264 e. The van der Waals surface area contributed by atoms with Crippen molar-refractivity contribution in [1.29, 1.82) is 0 Å². The number of methoxy groups -OCH3 is 1. The van der Waals surface area contributed by atoms with Gasteiger partial charge in [0.15, 0.2) is 0 Å². The molecule has 0 aliphatic heterocycles. The lowest BCUT2D eigenvalue weighted by atomic mass is 10.1. The summed E-state index contributed by atoms with van der Waals surface area (Å²) in [6, 6.07) is 21.6. The van der Waals surface area contributed by atoms with Crippen LogP contribution in [0.5, 0.6) is 5.75 Å². The van der Waals surface area contributed by atoms with Crippen molar-refractivity contribution >= 4 is 27.5 Å². The molecule has 1 N–H and O–H groups in total. The number of aryl methyl sites for hydroxylation is 1. The van der Waals surface area contributed by atoms with E-state index in [1.807, 2.05) is 64.1 Å². The van der Waals surface area contributed by atoms with Gasteiger partial charge >= 0.3 is 0 Å². The molecule has 0 saturated carbocycles. The number of hydrogen-bond acceptors (Lipinski definition) is 5. The first kappa shape index (κ1) is 30.7. The monoisotopic (exact) mass is 565 g/mol. The number of carbonyl (C=O) groups excluding carboxylic acids is 2. The zero-order valence-electron chi connectivity index (χ0n) is 23.8. The average molecular weight is 566 g/mol. The number of sulfonamides is 1. The molecule has 0 saturated heterocycles. The van der Waals surface area contributed by atoms with E-state index in [0.717, 1.165) is 21.9 Å². The van der Waals surface area contributed by atoms with Crippen molar-refractivity contribution in [2.75, 3.05) is 18.0 Å². The first-order valence-electron chi connectivity index (χ1n) is 13.5. The van der Waals surface area contributed by atoms with Gasteiger partial charge < -0.3 is 15.0 Å². The Hall–Kier alpha value is -3.85. The number of benzene rings is 3. The van der Waals surface area contributed by atoms with Crippen LogP contribution in [0.15, 0.2) is 83.8 Å². The molecule has 3 aromatic rings. The van der Waals surface area contributed by atoms with E-state index in [9.17, 15) is 18.0 Å². The summed E-state index contributed by atoms with van der Waals surface area (Å²) in [7, 11) is -2.72. The standard InChI is InChI=1S/C31H39N3O5S/c1-6-24(4)32-31(36)27(7-2)33(21-25-14-10-8-11-15-25)30(35)22-34(28-20-23(3)18-19-29(28)39-5)40(37,38)26-16-12-9-13-17-26/h8-20,24,27H,6-7,21-22H2,1-5H3,(H,32,36)/t24-,27+/m1/s1. The fourth-order valence-electron chi connectivity index (χ4n) is 4.37. The summed E-state index contributed by atoms with van der Waals surface area (Å²) in [4.78, 5) is 29.0. The van der Waals surface area contributed by atoms with Gasteiger partial charge in [0, 0.05) is 12.6 Å². The lowest BCUT2D eigenvalue weighted by Crippen LogP contribution is -2.53. The van der Waals surface area contributed by atoms with Gasteiger partial charge in [-0.3, -0.25) is 13.9 Å². The highest BCUT2D eigenvalue weighted by atomic mass is 32.2. The van der Waals surface area contributed by atoms with Crippen LogP contribution in [-0.4, -0.2) is 50.9 Å². The van der Waals surface area contributed by atoms with Gasteiger partial charge in [-0.05, 0) is 62.1 Å². The van der Waals surface area contributed by atoms with Crippen LogP contribution in [0.3, 0.4) is 0 Å². The van der Waals surface area contributed by atoms with Gasteiger partial charge in [-0.1, -0.05) is 68.4 Å². The second-order valence-electron chi connectivity index (χ2n) is 9.75. The molecule has 9 heteroatoms. The van der Waals surface area contributed by atoms with Gasteiger partial charge in [-0.25, -0.2) is 8.42 Å². The molecule has 0 fully saturated rings. The average Bonchev–Trinajstić information content (AvgIpc) is 2.96. The molecule has 0 bridgehead atoms. The van der Waals surface area contributed by atoms with Crippen LogP contribution in [0.4, 0.5) is 5.69 Å². The Kier molecular flexibility index (Phi) is 10.7. The number of nitrogens with zero attached hydrogens (tertiary/aromatic N) is 2. The van der Waals surface area contributed by atoms with Gasteiger partial charge in [0.05, 0.1) is 17.7 Å². The molecule has 8 nitrogen and oxygen atoms in total. The quantitative estimate of drug-likeness (QED) is 0.317. The zero-order chi connectivity index (χ0) is 29.3. The highest BCUT2D eigenvalue weighted by Crippen LogP contribution is 2.33. The Morgan fingerprint density at radius 1 is 0.925 bits per heavy atom. The molecular weight excluding hydrogens is 526 g/mol. The molecule has 0 heterocycles. The topological polar surface area (TPSA) is 96.0 Å². The van der Waals surface area contributed by atoms with Crippen molar-refractivity contribution in [3.05, 3.63) is 90.0 Å². The van der Waals surface area contributed by atoms with Gasteiger partial charge in [-0.15, -0.1) is 0 Å². The molecular formula is C31H39N3O5S. The van der Waals surface area contributed by atoms with E-state index in [2.05, 4.69) is 5.32 Å². The third-order valence-corrected chi connectivity index (χ3v) is 8.57. The Labute approximate surface area is 238 Å². The van der Waals surface area contributed by atoms with Crippen molar-refractivity contribution in [3.8, 4) is 5.75 Å². The van der Waals surface area contributed by atoms with Gasteiger partial charge in [0.1, 0.15) is 18.3 Å². The second kappa shape index (κ2) is 14.0. The maximum Gasteiger partial charge on any atom is 0.264 e. The molecule has 3 rings (SSSR count). The van der Waals surface area contributed by atoms with E-state index >= 15 is 0 Å². The van der Waals surface area contributed by atoms with Crippen LogP contribution < -0.4 is 14.4 Å². The largest absolute Gasteiger partial charge is 0.495 e. The summed E-state index contributed by atoms with van der Waals surface area (Å²) < 4.78 is 34.6. The predicted octanol–water partition coefficient (Wildman–Crippen LogP) is 4.92. The van der Waals surface area contributed by atoms with E-state index in [-0.39, 0.29) is 29.1 Å². The number of amides is 2. The SMILES string of the molecule is CC[C@@H](C)NC(=O)[C@H](CC)N(Cc1ccccc1)C(=O)CN(c1cc(C)ccc1OC)S(=O)(=O)c1ccccc1. The maximum absolute atomic E-state index is 14.2. The number of carbonyl (C=O) groups is 2. The van der Waals surface area contributed by atoms with Crippen LogP contribution in [0.1, 0.15) is 44.7 Å². The van der Waals surface area contributed by atoms with Crippen molar-refractivity contribution in [2.45, 2.75) is 64.1 Å². The lowest BCUT2D eigenvalue weighted by Gasteiger charge is -2.34. The molecule has 2 atom stereocenters. The van der Waals surface area contributed by atoms with Crippen molar-refractivity contribution in [2.24, 2.45) is 0 Å². The van der Waals surface area contributed by atoms with E-state index in [4.69, 9.17) is 4.74 Å². The molecule has 2 amide bonds. The van der Waals surface area contributed by atoms with E-state index < -0.39 is 28.5 Å². The Morgan fingerprint density at radius 2 is 1.55 bits per heavy atom. The third kappa shape index (κ3) is 7.41. The fraction of sp³-hybridized carbons (Fsp3) is 0.355. The molecule has 0 aromatic heterocycles. The second-order valence-corrected chi connectivity index (χ2v) is 11.6. The molecule has 0 radical (unpaired) electrons. The predicted molar refractivity (Wildman–Crippen MR) is 158 cm³/mol. The highest BCUT2D eigenvalue weighted by molar-refractivity contribution is 7.92. The lowest BCUT2D eigenvalue weighted by molar-refractivity contribution is -0.140. The number of nitrogens with one attached hydrogen (secondary N) is 1. The minimum atomic E-state index is -4.18. The Balaban J connectivity index is 2.10. The van der Waals surface area contributed by atoms with E-state index in [1.165, 1.54) is 24.1 Å². The van der Waals surface area contributed by atoms with Crippen LogP contribution in [-0.2, 0) is 26.2 Å². The molecule has 0 unspecified atom stereocenters. The number of hydrogen-bond donors (Lipinski definition) is 1. The Bertz CT molecular complexity index is 1380. The van der Waals surface area contributed by atoms with Gasteiger partial charge in [0.25, 0.3) is 10.0 Å². The van der Waals surface area contributed by atoms with Crippen LogP contribution in [0, 0.1) is 6.92 Å². The summed E-state index contributed by atoms with van der Waals surface area (Å²) in [6.07, 6.45) is 1.10. The minimum Gasteiger partial charge on any atom is -0.495 e. The van der Waals surface area contributed by atoms with Crippen LogP contribution in [0.2, 0.25) is 0 Å². The van der Waals surface area contributed by atoms with Gasteiger partial charge in [0.2, 0.25) is 11.8 Å². The molecule has 3 aromatic carbocycles. The van der Waals surface area contributed by atoms with E-state index in [1.54, 1.807) is 30.3 Å². The third-order valence-electron chi connectivity index (χ3n) is 6.80. The highest BCUT2D eigenvalue weighted by Gasteiger charge is 2.35. The molecule has 214 valence electrons. The number of rotatable bonds is 13. The number of ether oxygens (including phenoxy) is 1. The molecule has 0 spiro atoms. The summed E-state index contributed by atoms with van der Waals surface area (Å²) >= 11 is 0. The Morgan fingerprint density at radius 3 is 2.12 bits per heavy atom. The zero-order valence-corrected chi connectivity index (χ0v) is 24.6. The van der Waals surface area contributed by atoms with Crippen molar-refractivity contribution in [3.63, 3.8) is 0 Å². The van der Waals surface area contributed by atoms with Crippen molar-refractivity contribution < 1.29 is 22.7 Å². The summed E-state index contributed by atoms with van der Waals surface area (Å²) in [5.41, 5.74) is 1.88. The van der Waals surface area contributed by atoms with Gasteiger partial charge in [-0.2, -0.15) is 0 Å². The minimum absolute atomic E-state index is 0.0440. The summed E-state index contributed by atoms with van der Waals surface area (Å²) in [5.74, 6) is -0.459. The first-order chi connectivity index (χ1) is 19.1. The number of anilines is 1. The van der Waals surface area contributed by atoms with Crippen LogP contribution >= 0.6 is 0 Å². The summed E-state index contributed by atoms with van der Waals surface area (Å²) in [6.45, 7) is 7.19. The van der Waals surface area contributed by atoms with Crippen LogP contribution in [0.25, 0.3) is 0 Å². The molecule has 40 heavy (non-hydrogen) atoms. The molecule has 0 aliphatic carbocycles. The van der Waals surface area contributed by atoms with Crippen molar-refractivity contribution in [1.82, 2.24) is 10.2 Å².